The molecule has 1 N–H and O–H groups in total. The normalized spacial score (nSPS) is 26.5. The second-order valence-electron chi connectivity index (χ2n) is 6.42. The molecular formula is C17H23NO. The molecule has 1 heterocycles. The molecule has 1 unspecified atom stereocenters. The molecule has 1 atom stereocenters. The van der Waals surface area contributed by atoms with E-state index in [4.69, 9.17) is 4.74 Å². The van der Waals surface area contributed by atoms with E-state index >= 15 is 0 Å². The summed E-state index contributed by atoms with van der Waals surface area (Å²) in [4.78, 5) is 0. The third-order valence-corrected chi connectivity index (χ3v) is 4.89. The molecule has 0 amide bonds. The van der Waals surface area contributed by atoms with Gasteiger partial charge in [0.25, 0.3) is 0 Å². The van der Waals surface area contributed by atoms with Crippen molar-refractivity contribution in [2.75, 3.05) is 13.2 Å². The summed E-state index contributed by atoms with van der Waals surface area (Å²) in [5, 5.41) is 3.83. The number of ether oxygens (including phenoxy) is 1. The fourth-order valence-electron chi connectivity index (χ4n) is 3.52. The minimum Gasteiger partial charge on any atom is -0.372 e. The maximum absolute atomic E-state index is 5.99. The smallest absolute Gasteiger partial charge is 0.0952 e. The predicted octanol–water partition coefficient (Wildman–Crippen LogP) is 3.08. The van der Waals surface area contributed by atoms with Gasteiger partial charge in [-0.15, -0.1) is 0 Å². The molecule has 1 aromatic carbocycles. The van der Waals surface area contributed by atoms with Gasteiger partial charge in [-0.1, -0.05) is 24.3 Å². The van der Waals surface area contributed by atoms with E-state index < -0.39 is 0 Å². The molecule has 2 aliphatic carbocycles. The summed E-state index contributed by atoms with van der Waals surface area (Å²) in [6.45, 7) is 1.87. The average molecular weight is 257 g/mol. The highest BCUT2D eigenvalue weighted by atomic mass is 16.5. The van der Waals surface area contributed by atoms with Crippen LogP contribution in [0, 0.1) is 11.8 Å². The van der Waals surface area contributed by atoms with Crippen LogP contribution in [0.15, 0.2) is 24.3 Å². The number of benzene rings is 1. The molecule has 4 rings (SSSR count). The number of hydrogen-bond acceptors (Lipinski definition) is 2. The van der Waals surface area contributed by atoms with Crippen molar-refractivity contribution in [1.82, 2.24) is 5.32 Å². The van der Waals surface area contributed by atoms with Crippen LogP contribution in [-0.4, -0.2) is 19.2 Å². The summed E-state index contributed by atoms with van der Waals surface area (Å²) in [6, 6.07) is 9.55. The molecule has 0 aromatic heterocycles. The second kappa shape index (κ2) is 4.92. The zero-order chi connectivity index (χ0) is 12.7. The van der Waals surface area contributed by atoms with Crippen molar-refractivity contribution in [3.05, 3.63) is 35.4 Å². The molecule has 19 heavy (non-hydrogen) atoms. The van der Waals surface area contributed by atoms with Gasteiger partial charge in [0, 0.05) is 12.6 Å². The van der Waals surface area contributed by atoms with Gasteiger partial charge in [-0.3, -0.25) is 0 Å². The van der Waals surface area contributed by atoms with Gasteiger partial charge in [-0.25, -0.2) is 0 Å². The second-order valence-corrected chi connectivity index (χ2v) is 6.42. The molecule has 3 aliphatic rings. The predicted molar refractivity (Wildman–Crippen MR) is 76.1 cm³/mol. The van der Waals surface area contributed by atoms with Gasteiger partial charge < -0.3 is 10.1 Å². The Hall–Kier alpha value is -0.860. The first-order chi connectivity index (χ1) is 9.42. The standard InChI is InChI=1S/C17H23NO/c1-2-4-15-12(3-1)9-10-19-16(15)11-18-17(13-5-6-13)14-7-8-14/h1-4,13-14,16-18H,5-11H2. The van der Waals surface area contributed by atoms with Gasteiger partial charge in [0.1, 0.15) is 0 Å². The molecule has 1 aromatic rings. The lowest BCUT2D eigenvalue weighted by Crippen LogP contribution is -2.37. The van der Waals surface area contributed by atoms with Crippen molar-refractivity contribution < 1.29 is 4.74 Å². The van der Waals surface area contributed by atoms with Crippen LogP contribution < -0.4 is 5.32 Å². The summed E-state index contributed by atoms with van der Waals surface area (Å²) in [5.74, 6) is 1.93. The average Bonchev–Trinajstić information content (AvgIpc) is 3.33. The number of rotatable bonds is 5. The van der Waals surface area contributed by atoms with Gasteiger partial charge in [-0.05, 0) is 55.1 Å². The Balaban J connectivity index is 1.42. The molecule has 0 spiro atoms. The van der Waals surface area contributed by atoms with Crippen molar-refractivity contribution in [2.45, 2.75) is 44.2 Å². The molecule has 0 radical (unpaired) electrons. The number of hydrogen-bond donors (Lipinski definition) is 1. The minimum atomic E-state index is 0.268. The minimum absolute atomic E-state index is 0.268. The van der Waals surface area contributed by atoms with E-state index in [0.29, 0.717) is 0 Å². The maximum Gasteiger partial charge on any atom is 0.0952 e. The number of fused-ring (bicyclic) bond motifs is 1. The lowest BCUT2D eigenvalue weighted by Gasteiger charge is -2.28. The van der Waals surface area contributed by atoms with Gasteiger partial charge in [0.05, 0.1) is 12.7 Å². The van der Waals surface area contributed by atoms with E-state index in [1.165, 1.54) is 36.8 Å². The Morgan fingerprint density at radius 1 is 1.11 bits per heavy atom. The van der Waals surface area contributed by atoms with Crippen molar-refractivity contribution in [3.8, 4) is 0 Å². The van der Waals surface area contributed by atoms with Crippen molar-refractivity contribution >= 4 is 0 Å². The molecule has 1 aliphatic heterocycles. The molecular weight excluding hydrogens is 234 g/mol. The van der Waals surface area contributed by atoms with Gasteiger partial charge >= 0.3 is 0 Å². The van der Waals surface area contributed by atoms with E-state index in [1.807, 2.05) is 0 Å². The fourth-order valence-corrected chi connectivity index (χ4v) is 3.52. The van der Waals surface area contributed by atoms with E-state index in [2.05, 4.69) is 29.6 Å². The third kappa shape index (κ3) is 2.56. The van der Waals surface area contributed by atoms with E-state index in [0.717, 1.165) is 37.5 Å². The SMILES string of the molecule is c1ccc2c(c1)CCOC2CNC(C1CC1)C1CC1. The van der Waals surface area contributed by atoms with Crippen LogP contribution in [0.25, 0.3) is 0 Å². The third-order valence-electron chi connectivity index (χ3n) is 4.89. The highest BCUT2D eigenvalue weighted by Crippen LogP contribution is 2.44. The van der Waals surface area contributed by atoms with E-state index in [-0.39, 0.29) is 6.10 Å². The van der Waals surface area contributed by atoms with Crippen LogP contribution in [-0.2, 0) is 11.2 Å². The first-order valence-electron chi connectivity index (χ1n) is 7.84. The summed E-state index contributed by atoms with van der Waals surface area (Å²) < 4.78 is 5.99. The molecule has 2 heteroatoms. The first kappa shape index (κ1) is 11.9. The Morgan fingerprint density at radius 2 is 1.84 bits per heavy atom. The Bertz CT molecular complexity index is 438. The highest BCUT2D eigenvalue weighted by molar-refractivity contribution is 5.31. The molecule has 2 fully saturated rings. The van der Waals surface area contributed by atoms with Crippen LogP contribution in [0.1, 0.15) is 42.9 Å². The Kier molecular flexibility index (Phi) is 3.08. The quantitative estimate of drug-likeness (QED) is 0.875. The zero-order valence-corrected chi connectivity index (χ0v) is 11.5. The molecule has 2 nitrogen and oxygen atoms in total. The summed E-state index contributed by atoms with van der Waals surface area (Å²) >= 11 is 0. The van der Waals surface area contributed by atoms with Crippen LogP contribution in [0.2, 0.25) is 0 Å². The van der Waals surface area contributed by atoms with Crippen LogP contribution in [0.5, 0.6) is 0 Å². The van der Waals surface area contributed by atoms with E-state index in [1.54, 1.807) is 0 Å². The first-order valence-corrected chi connectivity index (χ1v) is 7.84. The molecule has 0 saturated heterocycles. The van der Waals surface area contributed by atoms with Crippen molar-refractivity contribution in [3.63, 3.8) is 0 Å². The summed E-state index contributed by atoms with van der Waals surface area (Å²) in [6.07, 6.45) is 7.10. The molecule has 0 bridgehead atoms. The Labute approximate surface area is 115 Å². The van der Waals surface area contributed by atoms with Crippen LogP contribution in [0.3, 0.4) is 0 Å². The lowest BCUT2D eigenvalue weighted by molar-refractivity contribution is 0.0395. The highest BCUT2D eigenvalue weighted by Gasteiger charge is 2.41. The Morgan fingerprint density at radius 3 is 2.58 bits per heavy atom. The van der Waals surface area contributed by atoms with Gasteiger partial charge in [-0.2, -0.15) is 0 Å². The fraction of sp³-hybridized carbons (Fsp3) is 0.647. The van der Waals surface area contributed by atoms with Crippen LogP contribution >= 0.6 is 0 Å². The zero-order valence-electron chi connectivity index (χ0n) is 11.5. The molecule has 2 saturated carbocycles. The van der Waals surface area contributed by atoms with Gasteiger partial charge in [0.15, 0.2) is 0 Å². The van der Waals surface area contributed by atoms with E-state index in [9.17, 15) is 0 Å². The summed E-state index contributed by atoms with van der Waals surface area (Å²) in [5.41, 5.74) is 2.89. The number of nitrogens with one attached hydrogen (secondary N) is 1. The molecule has 102 valence electrons. The summed E-state index contributed by atoms with van der Waals surface area (Å²) in [7, 11) is 0. The van der Waals surface area contributed by atoms with Crippen molar-refractivity contribution in [1.29, 1.82) is 0 Å². The van der Waals surface area contributed by atoms with Gasteiger partial charge in [0.2, 0.25) is 0 Å². The van der Waals surface area contributed by atoms with Crippen LogP contribution in [0.4, 0.5) is 0 Å². The largest absolute Gasteiger partial charge is 0.372 e. The van der Waals surface area contributed by atoms with Crippen molar-refractivity contribution in [2.24, 2.45) is 11.8 Å². The maximum atomic E-state index is 5.99. The monoisotopic (exact) mass is 257 g/mol. The topological polar surface area (TPSA) is 21.3 Å². The lowest BCUT2D eigenvalue weighted by atomic mass is 9.97.